The number of hydrogen-bond donors (Lipinski definition) is 0. The Morgan fingerprint density at radius 3 is 2.72 bits per heavy atom. The summed E-state index contributed by atoms with van der Waals surface area (Å²) in [7, 11) is 0. The van der Waals surface area contributed by atoms with Crippen molar-refractivity contribution >= 4 is 17.5 Å². The molecule has 1 aromatic rings. The number of carbonyl (C=O) groups is 1. The second kappa shape index (κ2) is 6.32. The number of ketones is 1. The van der Waals surface area contributed by atoms with Gasteiger partial charge in [-0.25, -0.2) is 8.78 Å². The van der Waals surface area contributed by atoms with Crippen LogP contribution >= 0.6 is 11.8 Å². The van der Waals surface area contributed by atoms with E-state index in [0.717, 1.165) is 18.2 Å². The van der Waals surface area contributed by atoms with Crippen molar-refractivity contribution in [3.05, 3.63) is 35.4 Å². The minimum Gasteiger partial charge on any atom is -0.298 e. The maximum atomic E-state index is 13.3. The molecular formula is C14H16F2OS. The number of thioether (sulfide) groups is 1. The lowest BCUT2D eigenvalue weighted by molar-refractivity contribution is -0.116. The van der Waals surface area contributed by atoms with Crippen molar-refractivity contribution in [2.24, 2.45) is 0 Å². The zero-order valence-corrected chi connectivity index (χ0v) is 10.9. The largest absolute Gasteiger partial charge is 0.298 e. The Labute approximate surface area is 110 Å². The van der Waals surface area contributed by atoms with E-state index in [1.54, 1.807) is 11.8 Å². The number of benzene rings is 1. The van der Waals surface area contributed by atoms with Crippen molar-refractivity contribution in [2.45, 2.75) is 37.4 Å². The van der Waals surface area contributed by atoms with Crippen molar-refractivity contribution in [3.63, 3.8) is 0 Å². The third-order valence-electron chi connectivity index (χ3n) is 3.18. The third-order valence-corrected chi connectivity index (χ3v) is 4.61. The Balaban J connectivity index is 1.84. The molecule has 1 saturated carbocycles. The zero-order valence-electron chi connectivity index (χ0n) is 10.1. The van der Waals surface area contributed by atoms with E-state index in [1.807, 2.05) is 0 Å². The quantitative estimate of drug-likeness (QED) is 0.810. The minimum atomic E-state index is -0.504. The summed E-state index contributed by atoms with van der Waals surface area (Å²) in [6, 6.07) is 3.24. The zero-order chi connectivity index (χ0) is 13.0. The molecule has 1 aliphatic carbocycles. The van der Waals surface area contributed by atoms with Crippen LogP contribution in [0, 0.1) is 11.6 Å². The van der Waals surface area contributed by atoms with Crippen LogP contribution in [0.5, 0.6) is 0 Å². The Kier molecular flexibility index (Phi) is 4.75. The van der Waals surface area contributed by atoms with E-state index in [0.29, 0.717) is 11.0 Å². The van der Waals surface area contributed by atoms with Crippen LogP contribution < -0.4 is 0 Å². The van der Waals surface area contributed by atoms with Gasteiger partial charge in [-0.05, 0) is 36.6 Å². The molecule has 0 spiro atoms. The fourth-order valence-corrected chi connectivity index (χ4v) is 3.40. The number of carbonyl (C=O) groups excluding carboxylic acids is 1. The molecule has 18 heavy (non-hydrogen) atoms. The van der Waals surface area contributed by atoms with Crippen molar-refractivity contribution in [1.29, 1.82) is 0 Å². The first kappa shape index (κ1) is 13.5. The van der Waals surface area contributed by atoms with Gasteiger partial charge >= 0.3 is 0 Å². The van der Waals surface area contributed by atoms with Gasteiger partial charge in [0.25, 0.3) is 0 Å². The van der Waals surface area contributed by atoms with Gasteiger partial charge in [0.1, 0.15) is 17.4 Å². The van der Waals surface area contributed by atoms with E-state index in [9.17, 15) is 13.6 Å². The Morgan fingerprint density at radius 1 is 1.28 bits per heavy atom. The van der Waals surface area contributed by atoms with E-state index in [4.69, 9.17) is 0 Å². The summed E-state index contributed by atoms with van der Waals surface area (Å²) >= 11 is 1.66. The molecule has 0 bridgehead atoms. The molecule has 0 radical (unpaired) electrons. The van der Waals surface area contributed by atoms with E-state index < -0.39 is 11.6 Å². The van der Waals surface area contributed by atoms with Gasteiger partial charge in [0, 0.05) is 11.7 Å². The molecule has 0 atom stereocenters. The monoisotopic (exact) mass is 270 g/mol. The van der Waals surface area contributed by atoms with Crippen LogP contribution in [0.3, 0.4) is 0 Å². The fraction of sp³-hybridized carbons (Fsp3) is 0.500. The third kappa shape index (κ3) is 3.80. The summed E-state index contributed by atoms with van der Waals surface area (Å²) in [6.07, 6.45) is 4.82. The predicted molar refractivity (Wildman–Crippen MR) is 69.8 cm³/mol. The van der Waals surface area contributed by atoms with Crippen LogP contribution in [0.4, 0.5) is 8.78 Å². The van der Waals surface area contributed by atoms with E-state index in [1.165, 1.54) is 25.7 Å². The maximum absolute atomic E-state index is 13.3. The summed E-state index contributed by atoms with van der Waals surface area (Å²) in [5.74, 6) is -0.629. The lowest BCUT2D eigenvalue weighted by atomic mass is 10.1. The van der Waals surface area contributed by atoms with Crippen LogP contribution in [0.1, 0.15) is 31.2 Å². The van der Waals surface area contributed by atoms with Crippen molar-refractivity contribution in [2.75, 3.05) is 5.75 Å². The maximum Gasteiger partial charge on any atom is 0.147 e. The van der Waals surface area contributed by atoms with Gasteiger partial charge in [-0.3, -0.25) is 4.79 Å². The van der Waals surface area contributed by atoms with Gasteiger partial charge < -0.3 is 0 Å². The summed E-state index contributed by atoms with van der Waals surface area (Å²) in [4.78, 5) is 11.7. The number of Topliss-reactive ketones (excluding diaryl/α,β-unsaturated/α-hetero) is 1. The SMILES string of the molecule is O=C(CSC1CCCC1)Cc1cc(F)ccc1F. The number of hydrogen-bond acceptors (Lipinski definition) is 2. The second-order valence-electron chi connectivity index (χ2n) is 4.67. The summed E-state index contributed by atoms with van der Waals surface area (Å²) in [5.41, 5.74) is 0.159. The molecular weight excluding hydrogens is 254 g/mol. The van der Waals surface area contributed by atoms with Gasteiger partial charge in [-0.15, -0.1) is 0 Å². The van der Waals surface area contributed by atoms with Gasteiger partial charge in [0.2, 0.25) is 0 Å². The first-order valence-corrected chi connectivity index (χ1v) is 7.27. The molecule has 0 N–H and O–H groups in total. The highest BCUT2D eigenvalue weighted by atomic mass is 32.2. The molecule has 1 fully saturated rings. The van der Waals surface area contributed by atoms with Crippen LogP contribution in [0.15, 0.2) is 18.2 Å². The lowest BCUT2D eigenvalue weighted by Crippen LogP contribution is -2.10. The topological polar surface area (TPSA) is 17.1 Å². The van der Waals surface area contributed by atoms with E-state index in [-0.39, 0.29) is 17.8 Å². The standard InChI is InChI=1S/C14H16F2OS/c15-11-5-6-14(16)10(7-11)8-12(17)9-18-13-3-1-2-4-13/h5-7,13H,1-4,8-9H2. The Bertz CT molecular complexity index is 428. The van der Waals surface area contributed by atoms with E-state index in [2.05, 4.69) is 0 Å². The van der Waals surface area contributed by atoms with Crippen LogP contribution in [0.2, 0.25) is 0 Å². The van der Waals surface area contributed by atoms with Crippen molar-refractivity contribution in [3.8, 4) is 0 Å². The minimum absolute atomic E-state index is 0.0106. The fourth-order valence-electron chi connectivity index (χ4n) is 2.21. The number of rotatable bonds is 5. The lowest BCUT2D eigenvalue weighted by Gasteiger charge is -2.08. The highest BCUT2D eigenvalue weighted by Crippen LogP contribution is 2.29. The van der Waals surface area contributed by atoms with Crippen molar-refractivity contribution < 1.29 is 13.6 Å². The van der Waals surface area contributed by atoms with Gasteiger partial charge in [0.15, 0.2) is 0 Å². The van der Waals surface area contributed by atoms with Gasteiger partial charge in [-0.1, -0.05) is 12.8 Å². The Hall–Kier alpha value is -0.900. The molecule has 1 aliphatic rings. The molecule has 2 rings (SSSR count). The molecule has 4 heteroatoms. The first-order chi connectivity index (χ1) is 8.65. The molecule has 0 heterocycles. The molecule has 1 nitrogen and oxygen atoms in total. The molecule has 98 valence electrons. The van der Waals surface area contributed by atoms with Crippen LogP contribution in [-0.4, -0.2) is 16.8 Å². The van der Waals surface area contributed by atoms with Crippen LogP contribution in [-0.2, 0) is 11.2 Å². The molecule has 0 amide bonds. The molecule has 1 aromatic carbocycles. The average molecular weight is 270 g/mol. The van der Waals surface area contributed by atoms with Gasteiger partial charge in [-0.2, -0.15) is 11.8 Å². The highest BCUT2D eigenvalue weighted by Gasteiger charge is 2.17. The summed E-state index contributed by atoms with van der Waals surface area (Å²) in [5, 5.41) is 0.575. The van der Waals surface area contributed by atoms with Crippen molar-refractivity contribution in [1.82, 2.24) is 0 Å². The predicted octanol–water partition coefficient (Wildman–Crippen LogP) is 3.75. The molecule has 0 unspecified atom stereocenters. The normalized spacial score (nSPS) is 16.1. The first-order valence-electron chi connectivity index (χ1n) is 6.22. The summed E-state index contributed by atoms with van der Waals surface area (Å²) < 4.78 is 26.3. The highest BCUT2D eigenvalue weighted by molar-refractivity contribution is 8.00. The van der Waals surface area contributed by atoms with Crippen LogP contribution in [0.25, 0.3) is 0 Å². The molecule has 0 saturated heterocycles. The summed E-state index contributed by atoms with van der Waals surface area (Å²) in [6.45, 7) is 0. The Morgan fingerprint density at radius 2 is 2.00 bits per heavy atom. The van der Waals surface area contributed by atoms with E-state index >= 15 is 0 Å². The smallest absolute Gasteiger partial charge is 0.147 e. The molecule has 0 aromatic heterocycles. The average Bonchev–Trinajstić information content (AvgIpc) is 2.84. The number of halogens is 2. The van der Waals surface area contributed by atoms with Gasteiger partial charge in [0.05, 0.1) is 5.75 Å². The molecule has 0 aliphatic heterocycles. The second-order valence-corrected chi connectivity index (χ2v) is 5.96.